The van der Waals surface area contributed by atoms with Crippen molar-refractivity contribution in [2.24, 2.45) is 5.73 Å². The third-order valence-electron chi connectivity index (χ3n) is 4.94. The van der Waals surface area contributed by atoms with Gasteiger partial charge < -0.3 is 10.6 Å². The van der Waals surface area contributed by atoms with Gasteiger partial charge in [-0.25, -0.2) is 26.9 Å². The van der Waals surface area contributed by atoms with Gasteiger partial charge in [0.15, 0.2) is 0 Å². The molecule has 0 atom stereocenters. The van der Waals surface area contributed by atoms with Crippen LogP contribution in [-0.4, -0.2) is 44.5 Å². The van der Waals surface area contributed by atoms with Crippen LogP contribution in [0.4, 0.5) is 14.6 Å². The molecule has 0 amide bonds. The molecule has 3 N–H and O–H groups in total. The fourth-order valence-electron chi connectivity index (χ4n) is 3.31. The number of alkyl halides is 2. The number of sulfonamides is 1. The van der Waals surface area contributed by atoms with Gasteiger partial charge in [-0.3, -0.25) is 0 Å². The van der Waals surface area contributed by atoms with Crippen LogP contribution in [0.15, 0.2) is 23.2 Å². The van der Waals surface area contributed by atoms with Crippen molar-refractivity contribution in [1.29, 1.82) is 0 Å². The molecular formula is C16H24F2N4O2S. The maximum atomic E-state index is 13.2. The summed E-state index contributed by atoms with van der Waals surface area (Å²) in [6, 6.07) is 3.10. The molecule has 0 aromatic carbocycles. The number of aromatic nitrogens is 1. The second-order valence-electron chi connectivity index (χ2n) is 6.93. The van der Waals surface area contributed by atoms with Gasteiger partial charge in [-0.1, -0.05) is 0 Å². The van der Waals surface area contributed by atoms with Crippen molar-refractivity contribution in [2.45, 2.75) is 61.4 Å². The van der Waals surface area contributed by atoms with Crippen molar-refractivity contribution in [1.82, 2.24) is 9.71 Å². The van der Waals surface area contributed by atoms with Crippen LogP contribution in [0.2, 0.25) is 0 Å². The first-order valence-electron chi connectivity index (χ1n) is 8.62. The number of hydrogen-bond donors (Lipinski definition) is 2. The van der Waals surface area contributed by atoms with Gasteiger partial charge in [-0.05, 0) is 37.8 Å². The maximum Gasteiger partial charge on any atom is 0.251 e. The number of nitrogens with one attached hydrogen (secondary N) is 1. The SMILES string of the molecule is NC1CCC(NS(=O)(=O)c2ccc(N3CCC(F)(F)CC3)nc2)CC1. The van der Waals surface area contributed by atoms with E-state index in [4.69, 9.17) is 5.73 Å². The van der Waals surface area contributed by atoms with E-state index >= 15 is 0 Å². The van der Waals surface area contributed by atoms with E-state index in [1.807, 2.05) is 0 Å². The molecule has 140 valence electrons. The minimum absolute atomic E-state index is 0.0912. The summed E-state index contributed by atoms with van der Waals surface area (Å²) in [4.78, 5) is 6.01. The van der Waals surface area contributed by atoms with Crippen LogP contribution in [0.1, 0.15) is 38.5 Å². The van der Waals surface area contributed by atoms with Crippen LogP contribution in [0.25, 0.3) is 0 Å². The van der Waals surface area contributed by atoms with E-state index in [2.05, 4.69) is 9.71 Å². The molecule has 1 aliphatic carbocycles. The lowest BCUT2D eigenvalue weighted by molar-refractivity contribution is -0.0221. The molecule has 0 bridgehead atoms. The summed E-state index contributed by atoms with van der Waals surface area (Å²) in [5, 5.41) is 0. The molecule has 0 spiro atoms. The monoisotopic (exact) mass is 374 g/mol. The predicted molar refractivity (Wildman–Crippen MR) is 91.2 cm³/mol. The van der Waals surface area contributed by atoms with E-state index in [9.17, 15) is 17.2 Å². The lowest BCUT2D eigenvalue weighted by Gasteiger charge is -2.32. The Bertz CT molecular complexity index is 679. The molecule has 25 heavy (non-hydrogen) atoms. The molecule has 3 rings (SSSR count). The average molecular weight is 374 g/mol. The summed E-state index contributed by atoms with van der Waals surface area (Å²) in [5.74, 6) is -2.09. The molecule has 1 aromatic heterocycles. The molecule has 0 unspecified atom stereocenters. The summed E-state index contributed by atoms with van der Waals surface area (Å²) in [6.45, 7) is 0.430. The van der Waals surface area contributed by atoms with Crippen LogP contribution < -0.4 is 15.4 Å². The molecule has 9 heteroatoms. The molecule has 0 radical (unpaired) electrons. The van der Waals surface area contributed by atoms with Crippen LogP contribution in [0.5, 0.6) is 0 Å². The second kappa shape index (κ2) is 7.13. The zero-order valence-electron chi connectivity index (χ0n) is 14.0. The van der Waals surface area contributed by atoms with Gasteiger partial charge in [0.2, 0.25) is 10.0 Å². The largest absolute Gasteiger partial charge is 0.356 e. The topological polar surface area (TPSA) is 88.3 Å². The van der Waals surface area contributed by atoms with Gasteiger partial charge in [-0.15, -0.1) is 0 Å². The standard InChI is InChI=1S/C16H24F2N4O2S/c17-16(18)7-9-22(10-8-16)15-6-5-14(11-20-15)25(23,24)21-13-3-1-12(19)2-4-13/h5-6,11-13,21H,1-4,7-10,19H2. The quantitative estimate of drug-likeness (QED) is 0.840. The first kappa shape index (κ1) is 18.5. The third-order valence-corrected chi connectivity index (χ3v) is 6.45. The number of nitrogens with two attached hydrogens (primary N) is 1. The Kier molecular flexibility index (Phi) is 5.26. The minimum atomic E-state index is -3.64. The fourth-order valence-corrected chi connectivity index (χ4v) is 4.56. The number of nitrogens with zero attached hydrogens (tertiary/aromatic N) is 2. The van der Waals surface area contributed by atoms with Gasteiger partial charge in [-0.2, -0.15) is 0 Å². The number of pyridine rings is 1. The van der Waals surface area contributed by atoms with Crippen molar-refractivity contribution in [3.8, 4) is 0 Å². The van der Waals surface area contributed by atoms with Crippen molar-refractivity contribution in [3.05, 3.63) is 18.3 Å². The van der Waals surface area contributed by atoms with Gasteiger partial charge >= 0.3 is 0 Å². The number of piperidine rings is 1. The first-order valence-corrected chi connectivity index (χ1v) is 10.1. The Labute approximate surface area is 146 Å². The minimum Gasteiger partial charge on any atom is -0.356 e. The summed E-state index contributed by atoms with van der Waals surface area (Å²) >= 11 is 0. The molecule has 1 saturated heterocycles. The lowest BCUT2D eigenvalue weighted by atomic mass is 9.93. The van der Waals surface area contributed by atoms with Crippen molar-refractivity contribution < 1.29 is 17.2 Å². The summed E-state index contributed by atoms with van der Waals surface area (Å²) in [5.41, 5.74) is 5.84. The van der Waals surface area contributed by atoms with Crippen molar-refractivity contribution in [2.75, 3.05) is 18.0 Å². The molecule has 1 aromatic rings. The highest BCUT2D eigenvalue weighted by Crippen LogP contribution is 2.30. The van der Waals surface area contributed by atoms with E-state index in [0.717, 1.165) is 25.7 Å². The molecule has 2 aliphatic rings. The fraction of sp³-hybridized carbons (Fsp3) is 0.688. The number of rotatable bonds is 4. The van der Waals surface area contributed by atoms with Crippen molar-refractivity contribution >= 4 is 15.8 Å². The van der Waals surface area contributed by atoms with Crippen LogP contribution in [0.3, 0.4) is 0 Å². The number of hydrogen-bond acceptors (Lipinski definition) is 5. The smallest absolute Gasteiger partial charge is 0.251 e. The van der Waals surface area contributed by atoms with Gasteiger partial charge in [0, 0.05) is 44.2 Å². The highest BCUT2D eigenvalue weighted by atomic mass is 32.2. The average Bonchev–Trinajstić information content (AvgIpc) is 2.57. The Morgan fingerprint density at radius 1 is 1.16 bits per heavy atom. The molecule has 1 saturated carbocycles. The zero-order valence-corrected chi connectivity index (χ0v) is 14.8. The molecule has 1 aliphatic heterocycles. The van der Waals surface area contributed by atoms with E-state index in [-0.39, 0.29) is 42.9 Å². The zero-order chi connectivity index (χ0) is 18.1. The Morgan fingerprint density at radius 2 is 1.80 bits per heavy atom. The lowest BCUT2D eigenvalue weighted by Crippen LogP contribution is -2.40. The molecule has 2 fully saturated rings. The van der Waals surface area contributed by atoms with Gasteiger partial charge in [0.1, 0.15) is 10.7 Å². The van der Waals surface area contributed by atoms with Gasteiger partial charge in [0.25, 0.3) is 5.92 Å². The van der Waals surface area contributed by atoms with Crippen LogP contribution in [0, 0.1) is 0 Å². The van der Waals surface area contributed by atoms with Crippen molar-refractivity contribution in [3.63, 3.8) is 0 Å². The highest BCUT2D eigenvalue weighted by Gasteiger charge is 2.34. The van der Waals surface area contributed by atoms with E-state index < -0.39 is 15.9 Å². The Balaban J connectivity index is 1.63. The molecule has 2 heterocycles. The normalized spacial score (nSPS) is 27.2. The van der Waals surface area contributed by atoms with Gasteiger partial charge in [0.05, 0.1) is 0 Å². The summed E-state index contributed by atoms with van der Waals surface area (Å²) in [7, 11) is -3.64. The molecular weight excluding hydrogens is 350 g/mol. The summed E-state index contributed by atoms with van der Waals surface area (Å²) in [6.07, 6.45) is 3.95. The third kappa shape index (κ3) is 4.65. The van der Waals surface area contributed by atoms with E-state index in [1.54, 1.807) is 11.0 Å². The van der Waals surface area contributed by atoms with Crippen LogP contribution >= 0.6 is 0 Å². The second-order valence-corrected chi connectivity index (χ2v) is 8.64. The summed E-state index contributed by atoms with van der Waals surface area (Å²) < 4.78 is 54.1. The van der Waals surface area contributed by atoms with E-state index in [1.165, 1.54) is 12.3 Å². The van der Waals surface area contributed by atoms with Crippen LogP contribution in [-0.2, 0) is 10.0 Å². The highest BCUT2D eigenvalue weighted by molar-refractivity contribution is 7.89. The number of anilines is 1. The predicted octanol–water partition coefficient (Wildman–Crippen LogP) is 1.87. The first-order chi connectivity index (χ1) is 11.8. The Morgan fingerprint density at radius 3 is 2.36 bits per heavy atom. The number of halogens is 2. The molecule has 6 nitrogen and oxygen atoms in total. The van der Waals surface area contributed by atoms with E-state index in [0.29, 0.717) is 5.82 Å². The Hall–Kier alpha value is -1.32. The maximum absolute atomic E-state index is 13.2.